The summed E-state index contributed by atoms with van der Waals surface area (Å²) in [5.74, 6) is -1.86. The molecule has 2 fully saturated rings. The van der Waals surface area contributed by atoms with E-state index in [4.69, 9.17) is 37.5 Å². The van der Waals surface area contributed by atoms with E-state index in [0.29, 0.717) is 4.90 Å². The zero-order chi connectivity index (χ0) is 35.1. The van der Waals surface area contributed by atoms with Gasteiger partial charge in [-0.1, -0.05) is 0 Å². The van der Waals surface area contributed by atoms with Crippen molar-refractivity contribution in [2.45, 2.75) is 102 Å². The van der Waals surface area contributed by atoms with Crippen molar-refractivity contribution in [3.05, 3.63) is 12.7 Å². The van der Waals surface area contributed by atoms with Crippen LogP contribution in [0.2, 0.25) is 0 Å². The summed E-state index contributed by atoms with van der Waals surface area (Å²) in [5.41, 5.74) is -1.61. The molecule has 19 heteroatoms. The lowest BCUT2D eigenvalue weighted by Crippen LogP contribution is -2.44. The minimum Gasteiger partial charge on any atom is -0.468 e. The van der Waals surface area contributed by atoms with Crippen LogP contribution in [0.25, 0.3) is 11.2 Å². The molecule has 0 aromatic carbocycles. The molecule has 4 heterocycles. The monoisotopic (exact) mass is 703 g/mol. The Balaban J connectivity index is 1.71. The second kappa shape index (κ2) is 13.6. The second-order valence-electron chi connectivity index (χ2n) is 13.1. The van der Waals surface area contributed by atoms with Crippen molar-refractivity contribution < 1.29 is 56.4 Å². The van der Waals surface area contributed by atoms with Gasteiger partial charge in [-0.15, -0.1) is 11.8 Å². The number of ether oxygens (including phenoxy) is 6. The van der Waals surface area contributed by atoms with Gasteiger partial charge in [0.2, 0.25) is 4.99 Å². The number of nitrogens with zero attached hydrogens (tertiary/aromatic N) is 5. The lowest BCUT2D eigenvalue weighted by Gasteiger charge is -2.28. The van der Waals surface area contributed by atoms with Crippen LogP contribution in [0.4, 0.5) is 15.4 Å². The normalized spacial score (nSPS) is 23.3. The highest BCUT2D eigenvalue weighted by Crippen LogP contribution is 2.57. The van der Waals surface area contributed by atoms with E-state index in [1.165, 1.54) is 34.0 Å². The zero-order valence-electron chi connectivity index (χ0n) is 28.2. The molecular weight excluding hydrogens is 661 g/mol. The van der Waals surface area contributed by atoms with Crippen molar-refractivity contribution in [1.82, 2.24) is 19.5 Å². The molecule has 2 aromatic heterocycles. The van der Waals surface area contributed by atoms with Gasteiger partial charge in [0.05, 0.1) is 19.5 Å². The highest BCUT2D eigenvalue weighted by Gasteiger charge is 2.57. The van der Waals surface area contributed by atoms with E-state index < -0.39 is 72.3 Å². The van der Waals surface area contributed by atoms with E-state index >= 15 is 0 Å². The predicted molar refractivity (Wildman–Crippen MR) is 168 cm³/mol. The van der Waals surface area contributed by atoms with Crippen molar-refractivity contribution in [2.75, 3.05) is 32.0 Å². The molecule has 0 aliphatic carbocycles. The fourth-order valence-electron chi connectivity index (χ4n) is 4.91. The summed E-state index contributed by atoms with van der Waals surface area (Å²) >= 11 is 0.973. The average molecular weight is 704 g/mol. The Morgan fingerprint density at radius 1 is 0.979 bits per heavy atom. The fraction of sp³-hybridized carbons (Fsp3) is 0.714. The summed E-state index contributed by atoms with van der Waals surface area (Å²) in [6, 6.07) is 0. The summed E-state index contributed by atoms with van der Waals surface area (Å²) in [6.45, 7) is 13.5. The summed E-state index contributed by atoms with van der Waals surface area (Å²) in [4.78, 5) is 51.7. The Hall–Kier alpha value is -2.86. The molecule has 47 heavy (non-hydrogen) atoms. The van der Waals surface area contributed by atoms with Crippen molar-refractivity contribution in [2.24, 2.45) is 0 Å². The molecular formula is C28H42N5O12PS. The molecule has 0 N–H and O–H groups in total. The minimum absolute atomic E-state index is 0.0762. The van der Waals surface area contributed by atoms with Gasteiger partial charge < -0.3 is 37.5 Å². The van der Waals surface area contributed by atoms with Gasteiger partial charge in [0.25, 0.3) is 0 Å². The molecule has 2 saturated heterocycles. The van der Waals surface area contributed by atoms with Crippen molar-refractivity contribution in [3.8, 4) is 0 Å². The lowest BCUT2D eigenvalue weighted by atomic mass is 10.1. The molecule has 1 unspecified atom stereocenters. The highest BCUT2D eigenvalue weighted by molar-refractivity contribution is 8.06. The Kier molecular flexibility index (Phi) is 10.7. The van der Waals surface area contributed by atoms with Crippen LogP contribution in [-0.4, -0.2) is 105 Å². The topological polar surface area (TPSA) is 189 Å². The Morgan fingerprint density at radius 3 is 2.09 bits per heavy atom. The van der Waals surface area contributed by atoms with Crippen LogP contribution in [0.3, 0.4) is 0 Å². The SMILES string of the molecule is COC(=O)C(SC[C@H]1O[C@@H](n2cnc3c(N(C(=O)OC(C)(C)C)C(=O)OC(C)(C)C)ncnc32)[C@@H]2OC(C)(C)O[C@@H]21)P(=O)(OC)OC. The first-order chi connectivity index (χ1) is 21.7. The molecule has 0 bridgehead atoms. The van der Waals surface area contributed by atoms with Crippen LogP contribution in [0.5, 0.6) is 0 Å². The van der Waals surface area contributed by atoms with Crippen LogP contribution >= 0.6 is 19.4 Å². The third-order valence-corrected chi connectivity index (χ3v) is 10.8. The van der Waals surface area contributed by atoms with E-state index in [2.05, 4.69) is 15.0 Å². The van der Waals surface area contributed by atoms with Gasteiger partial charge in [-0.2, -0.15) is 4.90 Å². The van der Waals surface area contributed by atoms with E-state index in [9.17, 15) is 18.9 Å². The number of hydrogen-bond donors (Lipinski definition) is 0. The maximum atomic E-state index is 13.3. The number of thioether (sulfide) groups is 1. The number of imidazole rings is 1. The number of rotatable bonds is 9. The minimum atomic E-state index is -3.88. The average Bonchev–Trinajstić information content (AvgIpc) is 3.62. The van der Waals surface area contributed by atoms with E-state index in [-0.39, 0.29) is 22.7 Å². The molecule has 0 radical (unpaired) electrons. The number of carbonyl (C=O) groups excluding carboxylic acids is 3. The molecule has 2 amide bonds. The van der Waals surface area contributed by atoms with E-state index in [1.807, 2.05) is 0 Å². The Labute approximate surface area is 276 Å². The third-order valence-electron chi connectivity index (χ3n) is 6.72. The third kappa shape index (κ3) is 8.07. The van der Waals surface area contributed by atoms with Gasteiger partial charge in [0, 0.05) is 20.0 Å². The Bertz CT molecular complexity index is 1500. The molecule has 2 aromatic rings. The second-order valence-corrected chi connectivity index (χ2v) is 16.9. The van der Waals surface area contributed by atoms with Gasteiger partial charge >= 0.3 is 25.8 Å². The summed E-state index contributed by atoms with van der Waals surface area (Å²) in [7, 11) is -0.340. The first kappa shape index (κ1) is 37.0. The maximum Gasteiger partial charge on any atom is 0.425 e. The summed E-state index contributed by atoms with van der Waals surface area (Å²) in [5, 5.41) is 0. The van der Waals surface area contributed by atoms with Gasteiger partial charge in [-0.05, 0) is 55.4 Å². The number of methoxy groups -OCH3 is 1. The van der Waals surface area contributed by atoms with Crippen LogP contribution in [0.15, 0.2) is 12.7 Å². The van der Waals surface area contributed by atoms with Gasteiger partial charge in [0.15, 0.2) is 29.0 Å². The molecule has 0 spiro atoms. The maximum absolute atomic E-state index is 13.3. The number of fused-ring (bicyclic) bond motifs is 2. The number of carbonyl (C=O) groups is 3. The largest absolute Gasteiger partial charge is 0.468 e. The highest BCUT2D eigenvalue weighted by atomic mass is 32.2. The smallest absolute Gasteiger partial charge is 0.425 e. The summed E-state index contributed by atoms with van der Waals surface area (Å²) < 4.78 is 59.6. The fourth-order valence-corrected chi connectivity index (χ4v) is 8.18. The molecule has 262 valence electrons. The van der Waals surface area contributed by atoms with Crippen molar-refractivity contribution in [3.63, 3.8) is 0 Å². The number of amides is 2. The number of imide groups is 1. The van der Waals surface area contributed by atoms with Crippen molar-refractivity contribution in [1.29, 1.82) is 0 Å². The molecule has 5 atom stereocenters. The van der Waals surface area contributed by atoms with Crippen LogP contribution in [-0.2, 0) is 46.8 Å². The standard InChI is InChI=1S/C28H42N5O12PS/c1-26(2,3)44-24(35)33(25(36)45-27(4,5)6)20-16-19(29-13-30-20)32(14-31-16)21-18-17(42-28(7,8)43-18)15(41-21)12-47-23(22(34)38-9)46(37,39-10)40-11/h13-15,17-18,21,23H,12H2,1-11H3/t15-,17-,18-,21-,23?/m1/s1. The predicted octanol–water partition coefficient (Wildman–Crippen LogP) is 4.64. The first-order valence-electron chi connectivity index (χ1n) is 14.6. The van der Waals surface area contributed by atoms with Crippen LogP contribution in [0, 0.1) is 0 Å². The number of aromatic nitrogens is 4. The van der Waals surface area contributed by atoms with E-state index in [0.717, 1.165) is 11.8 Å². The summed E-state index contributed by atoms with van der Waals surface area (Å²) in [6.07, 6.45) is -2.34. The van der Waals surface area contributed by atoms with Crippen LogP contribution in [0.1, 0.15) is 61.6 Å². The molecule has 0 saturated carbocycles. The number of esters is 1. The zero-order valence-corrected chi connectivity index (χ0v) is 29.9. The molecule has 17 nitrogen and oxygen atoms in total. The number of anilines is 1. The first-order valence-corrected chi connectivity index (χ1v) is 17.3. The van der Waals surface area contributed by atoms with Gasteiger partial charge in [0.1, 0.15) is 29.7 Å². The Morgan fingerprint density at radius 2 is 1.55 bits per heavy atom. The molecule has 2 aliphatic heterocycles. The van der Waals surface area contributed by atoms with Gasteiger partial charge in [-0.25, -0.2) is 24.5 Å². The molecule has 2 aliphatic rings. The van der Waals surface area contributed by atoms with Crippen molar-refractivity contribution >= 4 is 54.5 Å². The quantitative estimate of drug-likeness (QED) is 0.199. The lowest BCUT2D eigenvalue weighted by molar-refractivity contribution is -0.193. The molecule has 4 rings (SSSR count). The van der Waals surface area contributed by atoms with E-state index in [1.54, 1.807) is 60.0 Å². The van der Waals surface area contributed by atoms with Gasteiger partial charge in [-0.3, -0.25) is 13.9 Å². The number of hydrogen-bond acceptors (Lipinski definition) is 16. The van der Waals surface area contributed by atoms with Crippen LogP contribution < -0.4 is 4.90 Å².